The van der Waals surface area contributed by atoms with Gasteiger partial charge in [0, 0.05) is 19.3 Å². The lowest BCUT2D eigenvalue weighted by Gasteiger charge is -2.40. The summed E-state index contributed by atoms with van der Waals surface area (Å²) >= 11 is 0. The summed E-state index contributed by atoms with van der Waals surface area (Å²) in [6.07, 6.45) is 73.9. The molecule has 6 atom stereocenters. The molecule has 1 saturated heterocycles. The molecule has 1 aliphatic heterocycles. The summed E-state index contributed by atoms with van der Waals surface area (Å²) in [7, 11) is 0. The van der Waals surface area contributed by atoms with Crippen LogP contribution >= 0.6 is 0 Å². The summed E-state index contributed by atoms with van der Waals surface area (Å²) in [5.41, 5.74) is 0. The molecule has 492 valence electrons. The first-order valence-corrected chi connectivity index (χ1v) is 34.2. The Morgan fingerprint density at radius 1 is 0.391 bits per heavy atom. The second-order valence-corrected chi connectivity index (χ2v) is 22.7. The Morgan fingerprint density at radius 2 is 0.724 bits per heavy atom. The van der Waals surface area contributed by atoms with E-state index < -0.39 is 67.3 Å². The number of unbranched alkanes of at least 4 members (excludes halogenated alkanes) is 21. The topological polar surface area (TPSA) is 175 Å². The van der Waals surface area contributed by atoms with Crippen LogP contribution in [0.5, 0.6) is 0 Å². The van der Waals surface area contributed by atoms with Crippen LogP contribution in [0.3, 0.4) is 0 Å². The Hall–Kier alpha value is -5.14. The van der Waals surface area contributed by atoms with E-state index in [1.807, 2.05) is 0 Å². The monoisotopic (exact) mass is 1210 g/mol. The fourth-order valence-corrected chi connectivity index (χ4v) is 9.53. The molecule has 0 aliphatic carbocycles. The minimum absolute atomic E-state index is 0.0359. The van der Waals surface area contributed by atoms with Crippen molar-refractivity contribution in [1.29, 1.82) is 0 Å². The Labute approximate surface area is 528 Å². The molecular formula is C75H120O12. The van der Waals surface area contributed by atoms with E-state index in [0.717, 1.165) is 186 Å². The predicted molar refractivity (Wildman–Crippen MR) is 358 cm³/mol. The standard InChI is InChI=1S/C75H120O12/c1-4-7-10-13-16-19-22-25-28-31-34-37-40-43-46-49-52-55-58-61-67(76)83-64-66(85-68(77)62-59-56-53-50-47-44-41-38-35-32-29-26-23-20-17-14-11-8-5-2)65-84-75-73(71(80)70(79)72(87-75)74(81)82)86-69(78)63-60-57-54-51-48-45-42-39-36-33-30-27-24-21-18-15-12-9-6-3/h7-8,10-11,16-21,25-30,34-39,66,70-73,75,79-80H,4-6,9,12-15,22-24,31-33,40-65H2,1-3H3,(H,81,82)/b10-7-,11-8-,19-16-,20-17-,21-18-,28-25-,29-26-,30-27-,37-34-,38-35-,39-36-. The van der Waals surface area contributed by atoms with Gasteiger partial charge in [-0.05, 0) is 135 Å². The van der Waals surface area contributed by atoms with Crippen LogP contribution in [-0.2, 0) is 42.9 Å². The lowest BCUT2D eigenvalue weighted by Crippen LogP contribution is -2.61. The van der Waals surface area contributed by atoms with Crippen LogP contribution in [0.2, 0.25) is 0 Å². The third kappa shape index (κ3) is 50.4. The van der Waals surface area contributed by atoms with Crippen LogP contribution in [0.1, 0.15) is 265 Å². The van der Waals surface area contributed by atoms with Crippen LogP contribution in [0, 0.1) is 0 Å². The van der Waals surface area contributed by atoms with Crippen molar-refractivity contribution in [3.05, 3.63) is 134 Å². The van der Waals surface area contributed by atoms with E-state index in [9.17, 15) is 34.5 Å². The minimum atomic E-state index is -1.92. The fraction of sp³-hybridized carbons (Fsp3) is 0.653. The molecular weight excluding hydrogens is 1090 g/mol. The Bertz CT molecular complexity index is 2020. The van der Waals surface area contributed by atoms with E-state index in [0.29, 0.717) is 19.3 Å². The normalized spacial score (nSPS) is 18.2. The number of hydrogen-bond donors (Lipinski definition) is 3. The van der Waals surface area contributed by atoms with Gasteiger partial charge >= 0.3 is 23.9 Å². The van der Waals surface area contributed by atoms with Crippen molar-refractivity contribution in [2.24, 2.45) is 0 Å². The maximum absolute atomic E-state index is 13.2. The summed E-state index contributed by atoms with van der Waals surface area (Å²) < 4.78 is 28.6. The van der Waals surface area contributed by atoms with Gasteiger partial charge < -0.3 is 39.0 Å². The van der Waals surface area contributed by atoms with Gasteiger partial charge in [0.15, 0.2) is 24.6 Å². The molecule has 0 aromatic carbocycles. The number of carboxylic acids is 1. The van der Waals surface area contributed by atoms with Gasteiger partial charge in [-0.15, -0.1) is 0 Å². The van der Waals surface area contributed by atoms with Crippen LogP contribution in [0.25, 0.3) is 0 Å². The van der Waals surface area contributed by atoms with Crippen LogP contribution in [0.15, 0.2) is 134 Å². The highest BCUT2D eigenvalue weighted by Gasteiger charge is 2.50. The average Bonchev–Trinajstić information content (AvgIpc) is 2.56. The first-order chi connectivity index (χ1) is 42.6. The number of aliphatic hydroxyl groups is 2. The molecule has 12 heteroatoms. The van der Waals surface area contributed by atoms with E-state index in [4.69, 9.17) is 23.7 Å². The van der Waals surface area contributed by atoms with Crippen molar-refractivity contribution >= 4 is 23.9 Å². The third-order valence-corrected chi connectivity index (χ3v) is 14.7. The zero-order valence-electron chi connectivity index (χ0n) is 54.5. The second-order valence-electron chi connectivity index (χ2n) is 22.7. The highest BCUT2D eigenvalue weighted by Crippen LogP contribution is 2.26. The smallest absolute Gasteiger partial charge is 0.335 e. The Morgan fingerprint density at radius 3 is 1.10 bits per heavy atom. The van der Waals surface area contributed by atoms with Crippen molar-refractivity contribution in [2.45, 2.75) is 302 Å². The van der Waals surface area contributed by atoms with E-state index in [1.165, 1.54) is 19.3 Å². The van der Waals surface area contributed by atoms with Crippen molar-refractivity contribution in [1.82, 2.24) is 0 Å². The first kappa shape index (κ1) is 79.9. The number of carbonyl (C=O) groups is 4. The first-order valence-electron chi connectivity index (χ1n) is 34.2. The molecule has 3 N–H and O–H groups in total. The lowest BCUT2D eigenvalue weighted by molar-refractivity contribution is -0.301. The number of hydrogen-bond acceptors (Lipinski definition) is 11. The highest BCUT2D eigenvalue weighted by atomic mass is 16.7. The number of carbonyl (C=O) groups excluding carboxylic acids is 3. The number of aliphatic hydroxyl groups excluding tert-OH is 2. The molecule has 0 bridgehead atoms. The van der Waals surface area contributed by atoms with Gasteiger partial charge in [0.25, 0.3) is 0 Å². The van der Waals surface area contributed by atoms with Gasteiger partial charge in [0.05, 0.1) is 6.61 Å². The van der Waals surface area contributed by atoms with Crippen molar-refractivity contribution < 1.29 is 58.2 Å². The SMILES string of the molecule is CC/C=C\C/C=C\C/C=C\C/C=C\CCCCCCCCC(=O)OCC(COC1OC(C(=O)O)C(O)C(O)C1OC(=O)CCCCCCCC/C=C\C/C=C\C/C=C\CCCCC)OC(=O)CCCCCCCC/C=C\C/C=C\C/C=C\C/C=C\CC. The zero-order valence-corrected chi connectivity index (χ0v) is 54.5. The predicted octanol–water partition coefficient (Wildman–Crippen LogP) is 18.9. The molecule has 0 saturated carbocycles. The maximum Gasteiger partial charge on any atom is 0.335 e. The number of ether oxygens (including phenoxy) is 5. The molecule has 1 aliphatic rings. The largest absolute Gasteiger partial charge is 0.479 e. The van der Waals surface area contributed by atoms with Crippen molar-refractivity contribution in [3.8, 4) is 0 Å². The highest BCUT2D eigenvalue weighted by molar-refractivity contribution is 5.74. The summed E-state index contributed by atoms with van der Waals surface area (Å²) in [4.78, 5) is 51.5. The van der Waals surface area contributed by atoms with Crippen molar-refractivity contribution in [2.75, 3.05) is 13.2 Å². The molecule has 0 aromatic heterocycles. The van der Waals surface area contributed by atoms with E-state index in [1.54, 1.807) is 0 Å². The van der Waals surface area contributed by atoms with Crippen LogP contribution in [0.4, 0.5) is 0 Å². The summed E-state index contributed by atoms with van der Waals surface area (Å²) in [5, 5.41) is 31.7. The van der Waals surface area contributed by atoms with E-state index in [-0.39, 0.29) is 25.9 Å². The lowest BCUT2D eigenvalue weighted by atomic mass is 9.98. The van der Waals surface area contributed by atoms with Crippen LogP contribution < -0.4 is 0 Å². The quantitative estimate of drug-likeness (QED) is 0.0228. The van der Waals surface area contributed by atoms with Crippen molar-refractivity contribution in [3.63, 3.8) is 0 Å². The van der Waals surface area contributed by atoms with Crippen LogP contribution in [-0.4, -0.2) is 89.2 Å². The van der Waals surface area contributed by atoms with Gasteiger partial charge in [0.1, 0.15) is 18.8 Å². The zero-order chi connectivity index (χ0) is 63.1. The maximum atomic E-state index is 13.2. The molecule has 1 heterocycles. The molecule has 1 fully saturated rings. The Kier molecular flexibility index (Phi) is 56.1. The van der Waals surface area contributed by atoms with Gasteiger partial charge in [0.2, 0.25) is 0 Å². The fourth-order valence-electron chi connectivity index (χ4n) is 9.53. The molecule has 0 aromatic rings. The summed E-state index contributed by atoms with van der Waals surface area (Å²) in [6.45, 7) is 5.73. The molecule has 6 unspecified atom stereocenters. The molecule has 0 radical (unpaired) electrons. The minimum Gasteiger partial charge on any atom is -0.479 e. The number of aliphatic carboxylic acids is 1. The number of allylic oxidation sites excluding steroid dienone is 22. The van der Waals surface area contributed by atoms with E-state index in [2.05, 4.69) is 154 Å². The van der Waals surface area contributed by atoms with Gasteiger partial charge in [-0.25, -0.2) is 4.79 Å². The number of carboxylic acid groups (broad SMARTS) is 1. The summed E-state index contributed by atoms with van der Waals surface area (Å²) in [5.74, 6) is -3.18. The van der Waals surface area contributed by atoms with Gasteiger partial charge in [-0.3, -0.25) is 14.4 Å². The Balaban J connectivity index is 2.69. The molecule has 12 nitrogen and oxygen atoms in total. The van der Waals surface area contributed by atoms with Gasteiger partial charge in [-0.1, -0.05) is 244 Å². The third-order valence-electron chi connectivity index (χ3n) is 14.7. The van der Waals surface area contributed by atoms with E-state index >= 15 is 0 Å². The number of esters is 3. The average molecular weight is 1210 g/mol. The van der Waals surface area contributed by atoms with Gasteiger partial charge in [-0.2, -0.15) is 0 Å². The molecule has 0 spiro atoms. The number of rotatable bonds is 57. The summed E-state index contributed by atoms with van der Waals surface area (Å²) in [6, 6.07) is 0. The molecule has 87 heavy (non-hydrogen) atoms. The molecule has 1 rings (SSSR count). The second kappa shape index (κ2) is 61.1. The molecule has 0 amide bonds.